The van der Waals surface area contributed by atoms with Crippen LogP contribution in [0.2, 0.25) is 0 Å². The molecule has 0 saturated heterocycles. The number of hydrogen-bond donors (Lipinski definition) is 2. The summed E-state index contributed by atoms with van der Waals surface area (Å²) >= 11 is 1.68. The van der Waals surface area contributed by atoms with Gasteiger partial charge in [-0.3, -0.25) is 4.79 Å². The Bertz CT molecular complexity index is 417. The monoisotopic (exact) mass is 270 g/mol. The first-order valence-electron chi connectivity index (χ1n) is 5.75. The smallest absolute Gasteiger partial charge is 0.352 e. The van der Waals surface area contributed by atoms with Crippen LogP contribution in [0.4, 0.5) is 0 Å². The minimum atomic E-state index is -1.02. The molecule has 1 unspecified atom stereocenters. The zero-order chi connectivity index (χ0) is 13.5. The second-order valence-electron chi connectivity index (χ2n) is 3.95. The highest BCUT2D eigenvalue weighted by atomic mass is 32.2. The molecule has 6 heteroatoms. The van der Waals surface area contributed by atoms with Crippen molar-refractivity contribution in [1.82, 2.24) is 9.88 Å². The molecule has 5 nitrogen and oxygen atoms in total. The number of hydrogen-bond acceptors (Lipinski definition) is 3. The highest BCUT2D eigenvalue weighted by Crippen LogP contribution is 2.04. The third-order valence-electron chi connectivity index (χ3n) is 2.59. The lowest BCUT2D eigenvalue weighted by Crippen LogP contribution is -2.38. The molecular formula is C12H18N2O3S. The Morgan fingerprint density at radius 2 is 2.28 bits per heavy atom. The van der Waals surface area contributed by atoms with Crippen molar-refractivity contribution in [3.8, 4) is 0 Å². The van der Waals surface area contributed by atoms with Crippen LogP contribution in [0.25, 0.3) is 0 Å². The van der Waals surface area contributed by atoms with Gasteiger partial charge >= 0.3 is 5.97 Å². The molecule has 0 saturated carbocycles. The quantitative estimate of drug-likeness (QED) is 0.786. The van der Waals surface area contributed by atoms with E-state index in [2.05, 4.69) is 5.32 Å². The molecule has 18 heavy (non-hydrogen) atoms. The number of carbonyl (C=O) groups is 2. The van der Waals surface area contributed by atoms with Crippen molar-refractivity contribution in [2.75, 3.05) is 12.0 Å². The fourth-order valence-corrected chi connectivity index (χ4v) is 2.36. The van der Waals surface area contributed by atoms with Gasteiger partial charge in [-0.25, -0.2) is 4.79 Å². The highest BCUT2D eigenvalue weighted by molar-refractivity contribution is 7.98. The summed E-state index contributed by atoms with van der Waals surface area (Å²) < 4.78 is 1.43. The van der Waals surface area contributed by atoms with Gasteiger partial charge in [0.2, 0.25) is 5.91 Å². The molecule has 0 spiro atoms. The molecule has 1 atom stereocenters. The number of nitrogens with one attached hydrogen (secondary N) is 1. The lowest BCUT2D eigenvalue weighted by molar-refractivity contribution is -0.122. The molecule has 0 aromatic carbocycles. The maximum atomic E-state index is 11.8. The number of amides is 1. The van der Waals surface area contributed by atoms with E-state index in [0.717, 1.165) is 12.2 Å². The molecule has 1 amide bonds. The summed E-state index contributed by atoms with van der Waals surface area (Å²) in [6.07, 6.45) is 4.45. The number of carbonyl (C=O) groups excluding carboxylic acids is 1. The van der Waals surface area contributed by atoms with Crippen LogP contribution in [0.15, 0.2) is 18.3 Å². The number of aromatic nitrogens is 1. The Kier molecular flexibility index (Phi) is 5.77. The van der Waals surface area contributed by atoms with Gasteiger partial charge in [-0.2, -0.15) is 11.8 Å². The van der Waals surface area contributed by atoms with Crippen LogP contribution in [-0.4, -0.2) is 39.6 Å². The molecule has 1 aromatic rings. The van der Waals surface area contributed by atoms with Crippen molar-refractivity contribution in [3.05, 3.63) is 24.0 Å². The van der Waals surface area contributed by atoms with E-state index in [-0.39, 0.29) is 24.2 Å². The first-order valence-corrected chi connectivity index (χ1v) is 7.14. The summed E-state index contributed by atoms with van der Waals surface area (Å²) in [4.78, 5) is 22.7. The average molecular weight is 270 g/mol. The number of rotatable bonds is 7. The Morgan fingerprint density at radius 3 is 2.83 bits per heavy atom. The fourth-order valence-electron chi connectivity index (χ4n) is 1.64. The summed E-state index contributed by atoms with van der Waals surface area (Å²) in [5, 5.41) is 11.8. The summed E-state index contributed by atoms with van der Waals surface area (Å²) in [5.74, 6) is -0.321. The van der Waals surface area contributed by atoms with Gasteiger partial charge in [0.15, 0.2) is 0 Å². The standard InChI is InChI=1S/C12H18N2O3S/c1-3-9(8-18-2)13-11(15)7-14-6-4-5-10(14)12(16)17/h4-6,9H,3,7-8H2,1-2H3,(H,13,15)(H,16,17). The van der Waals surface area contributed by atoms with Crippen molar-refractivity contribution in [3.63, 3.8) is 0 Å². The molecule has 0 fully saturated rings. The number of nitrogens with zero attached hydrogens (tertiary/aromatic N) is 1. The Balaban J connectivity index is 2.58. The highest BCUT2D eigenvalue weighted by Gasteiger charge is 2.14. The maximum absolute atomic E-state index is 11.8. The van der Waals surface area contributed by atoms with Gasteiger partial charge in [0, 0.05) is 18.0 Å². The van der Waals surface area contributed by atoms with E-state index in [4.69, 9.17) is 5.11 Å². The molecule has 0 aliphatic rings. The van der Waals surface area contributed by atoms with Crippen molar-refractivity contribution < 1.29 is 14.7 Å². The van der Waals surface area contributed by atoms with E-state index in [9.17, 15) is 9.59 Å². The van der Waals surface area contributed by atoms with E-state index in [1.807, 2.05) is 13.2 Å². The van der Waals surface area contributed by atoms with Crippen LogP contribution < -0.4 is 5.32 Å². The van der Waals surface area contributed by atoms with Crippen molar-refractivity contribution in [1.29, 1.82) is 0 Å². The normalized spacial score (nSPS) is 12.1. The fraction of sp³-hybridized carbons (Fsp3) is 0.500. The van der Waals surface area contributed by atoms with Gasteiger partial charge in [0.05, 0.1) is 0 Å². The molecular weight excluding hydrogens is 252 g/mol. The number of carboxylic acid groups (broad SMARTS) is 1. The van der Waals surface area contributed by atoms with E-state index >= 15 is 0 Å². The lowest BCUT2D eigenvalue weighted by Gasteiger charge is -2.16. The van der Waals surface area contributed by atoms with Crippen LogP contribution in [0, 0.1) is 0 Å². The SMILES string of the molecule is CCC(CSC)NC(=O)Cn1cccc1C(=O)O. The van der Waals surface area contributed by atoms with Gasteiger partial charge in [-0.05, 0) is 24.8 Å². The summed E-state index contributed by atoms with van der Waals surface area (Å²) in [5.41, 5.74) is 0.128. The third-order valence-corrected chi connectivity index (χ3v) is 3.32. The molecule has 0 radical (unpaired) electrons. The van der Waals surface area contributed by atoms with Gasteiger partial charge < -0.3 is 15.0 Å². The van der Waals surface area contributed by atoms with Gasteiger partial charge in [0.1, 0.15) is 12.2 Å². The molecule has 1 aromatic heterocycles. The predicted octanol–water partition coefficient (Wildman–Crippen LogP) is 1.44. The van der Waals surface area contributed by atoms with E-state index in [1.165, 1.54) is 10.6 Å². The average Bonchev–Trinajstić information content (AvgIpc) is 2.76. The Hall–Kier alpha value is -1.43. The summed E-state index contributed by atoms with van der Waals surface area (Å²) in [7, 11) is 0. The minimum Gasteiger partial charge on any atom is -0.477 e. The molecule has 1 rings (SSSR count). The minimum absolute atomic E-state index is 0.0412. The molecule has 0 bridgehead atoms. The second kappa shape index (κ2) is 7.10. The summed E-state index contributed by atoms with van der Waals surface area (Å²) in [6, 6.07) is 3.24. The van der Waals surface area contributed by atoms with Crippen molar-refractivity contribution >= 4 is 23.6 Å². The van der Waals surface area contributed by atoms with Crippen LogP contribution in [0.1, 0.15) is 23.8 Å². The topological polar surface area (TPSA) is 71.3 Å². The zero-order valence-electron chi connectivity index (χ0n) is 10.5. The second-order valence-corrected chi connectivity index (χ2v) is 4.87. The maximum Gasteiger partial charge on any atom is 0.352 e. The first kappa shape index (κ1) is 14.6. The molecule has 0 aliphatic heterocycles. The summed E-state index contributed by atoms with van der Waals surface area (Å²) in [6.45, 7) is 2.05. The van der Waals surface area contributed by atoms with E-state index in [0.29, 0.717) is 0 Å². The van der Waals surface area contributed by atoms with Crippen LogP contribution in [0.3, 0.4) is 0 Å². The molecule has 100 valence electrons. The first-order chi connectivity index (χ1) is 8.58. The molecule has 0 aliphatic carbocycles. The van der Waals surface area contributed by atoms with Gasteiger partial charge in [-0.15, -0.1) is 0 Å². The third kappa shape index (κ3) is 4.10. The molecule has 1 heterocycles. The van der Waals surface area contributed by atoms with Crippen LogP contribution in [-0.2, 0) is 11.3 Å². The lowest BCUT2D eigenvalue weighted by atomic mass is 10.2. The van der Waals surface area contributed by atoms with Gasteiger partial charge in [0.25, 0.3) is 0 Å². The van der Waals surface area contributed by atoms with Crippen LogP contribution in [0.5, 0.6) is 0 Å². The number of thioether (sulfide) groups is 1. The molecule has 2 N–H and O–H groups in total. The van der Waals surface area contributed by atoms with E-state index < -0.39 is 5.97 Å². The van der Waals surface area contributed by atoms with Crippen molar-refractivity contribution in [2.24, 2.45) is 0 Å². The van der Waals surface area contributed by atoms with E-state index in [1.54, 1.807) is 24.0 Å². The Labute approximate surface area is 111 Å². The number of aromatic carboxylic acids is 1. The van der Waals surface area contributed by atoms with Crippen molar-refractivity contribution in [2.45, 2.75) is 25.9 Å². The van der Waals surface area contributed by atoms with Gasteiger partial charge in [-0.1, -0.05) is 6.92 Å². The zero-order valence-corrected chi connectivity index (χ0v) is 11.4. The Morgan fingerprint density at radius 1 is 1.56 bits per heavy atom. The van der Waals surface area contributed by atoms with Crippen LogP contribution >= 0.6 is 11.8 Å². The predicted molar refractivity (Wildman–Crippen MR) is 72.0 cm³/mol. The number of carboxylic acids is 1. The largest absolute Gasteiger partial charge is 0.477 e.